The Kier molecular flexibility index (Phi) is 7.81. The fourth-order valence-corrected chi connectivity index (χ4v) is 6.06. The lowest BCUT2D eigenvalue weighted by atomic mass is 9.96. The van der Waals surface area contributed by atoms with Gasteiger partial charge in [-0.2, -0.15) is 5.26 Å². The molecule has 1 aromatic carbocycles. The number of carbonyl (C=O) groups excluding carboxylic acids is 1. The number of thioether (sulfide) groups is 1. The Bertz CT molecular complexity index is 1220. The summed E-state index contributed by atoms with van der Waals surface area (Å²) in [7, 11) is 0. The van der Waals surface area contributed by atoms with Crippen LogP contribution in [0.25, 0.3) is 0 Å². The van der Waals surface area contributed by atoms with E-state index in [1.807, 2.05) is 11.5 Å². The highest BCUT2D eigenvalue weighted by atomic mass is 35.5. The molecular formula is C22H21Cl2N5O2S2. The number of benzene rings is 1. The summed E-state index contributed by atoms with van der Waals surface area (Å²) in [5.41, 5.74) is 1.72. The maximum absolute atomic E-state index is 12.6. The summed E-state index contributed by atoms with van der Waals surface area (Å²) in [4.78, 5) is 13.8. The second-order valence-electron chi connectivity index (χ2n) is 7.37. The second-order valence-corrected chi connectivity index (χ2v) is 10.3. The van der Waals surface area contributed by atoms with Crippen molar-refractivity contribution in [1.29, 1.82) is 5.26 Å². The molecule has 0 fully saturated rings. The van der Waals surface area contributed by atoms with Crippen LogP contribution in [0.1, 0.15) is 41.6 Å². The number of hydrogen-bond acceptors (Lipinski definition) is 7. The predicted octanol–water partition coefficient (Wildman–Crippen LogP) is 5.73. The molecule has 2 heterocycles. The van der Waals surface area contributed by atoms with E-state index in [9.17, 15) is 10.1 Å². The average Bonchev–Trinajstić information content (AvgIpc) is 3.37. The molecule has 7 nitrogen and oxygen atoms in total. The van der Waals surface area contributed by atoms with Crippen LogP contribution in [-0.2, 0) is 30.8 Å². The van der Waals surface area contributed by atoms with Crippen molar-refractivity contribution in [2.75, 3.05) is 11.1 Å². The van der Waals surface area contributed by atoms with E-state index in [1.165, 1.54) is 28.0 Å². The zero-order chi connectivity index (χ0) is 23.4. The van der Waals surface area contributed by atoms with Gasteiger partial charge in [0.15, 0.2) is 11.0 Å². The smallest absolute Gasteiger partial charge is 0.235 e. The summed E-state index contributed by atoms with van der Waals surface area (Å²) >= 11 is 15.0. The van der Waals surface area contributed by atoms with Gasteiger partial charge in [0.25, 0.3) is 0 Å². The van der Waals surface area contributed by atoms with Crippen molar-refractivity contribution in [3.8, 4) is 11.8 Å². The number of aryl methyl sites for hydroxylation is 1. The molecule has 0 unspecified atom stereocenters. The molecule has 1 aliphatic carbocycles. The highest BCUT2D eigenvalue weighted by molar-refractivity contribution is 7.99. The minimum absolute atomic E-state index is 0.159. The number of nitrogens with one attached hydrogen (secondary N) is 1. The molecule has 1 aliphatic rings. The van der Waals surface area contributed by atoms with E-state index < -0.39 is 0 Å². The number of halogens is 2. The SMILES string of the molecule is CCn1c(COc2cc(Cl)ccc2Cl)nnc1SCC(=O)Nc1sc2c(c1C#N)CCCC2. The summed E-state index contributed by atoms with van der Waals surface area (Å²) < 4.78 is 7.66. The Morgan fingerprint density at radius 3 is 2.94 bits per heavy atom. The van der Waals surface area contributed by atoms with Gasteiger partial charge >= 0.3 is 0 Å². The molecule has 172 valence electrons. The van der Waals surface area contributed by atoms with E-state index in [0.717, 1.165) is 31.2 Å². The van der Waals surface area contributed by atoms with Crippen LogP contribution in [0, 0.1) is 11.3 Å². The first-order chi connectivity index (χ1) is 16.0. The van der Waals surface area contributed by atoms with Gasteiger partial charge in [0.05, 0.1) is 16.3 Å². The van der Waals surface area contributed by atoms with Crippen LogP contribution < -0.4 is 10.1 Å². The van der Waals surface area contributed by atoms with Crippen molar-refractivity contribution in [1.82, 2.24) is 14.8 Å². The molecule has 0 bridgehead atoms. The number of nitrogens with zero attached hydrogens (tertiary/aromatic N) is 4. The van der Waals surface area contributed by atoms with Crippen molar-refractivity contribution in [2.45, 2.75) is 50.9 Å². The Morgan fingerprint density at radius 1 is 1.33 bits per heavy atom. The predicted molar refractivity (Wildman–Crippen MR) is 132 cm³/mol. The van der Waals surface area contributed by atoms with Crippen LogP contribution in [0.4, 0.5) is 5.00 Å². The fourth-order valence-electron chi connectivity index (χ4n) is 3.65. The van der Waals surface area contributed by atoms with Gasteiger partial charge in [-0.05, 0) is 50.3 Å². The summed E-state index contributed by atoms with van der Waals surface area (Å²) in [6, 6.07) is 7.28. The summed E-state index contributed by atoms with van der Waals surface area (Å²) in [5.74, 6) is 1.07. The number of nitriles is 1. The van der Waals surface area contributed by atoms with Crippen molar-refractivity contribution < 1.29 is 9.53 Å². The topological polar surface area (TPSA) is 92.8 Å². The number of rotatable bonds is 8. The number of hydrogen-bond donors (Lipinski definition) is 1. The van der Waals surface area contributed by atoms with Crippen molar-refractivity contribution >= 4 is 57.2 Å². The third-order valence-corrected chi connectivity index (χ3v) is 7.95. The number of thiophene rings is 1. The van der Waals surface area contributed by atoms with Gasteiger partial charge in [-0.1, -0.05) is 35.0 Å². The molecule has 4 rings (SSSR count). The van der Waals surface area contributed by atoms with E-state index in [2.05, 4.69) is 21.6 Å². The molecule has 1 N–H and O–H groups in total. The van der Waals surface area contributed by atoms with Gasteiger partial charge in [-0.15, -0.1) is 21.5 Å². The van der Waals surface area contributed by atoms with Gasteiger partial charge in [-0.25, -0.2) is 0 Å². The maximum Gasteiger partial charge on any atom is 0.235 e. The zero-order valence-electron chi connectivity index (χ0n) is 17.9. The fraction of sp³-hybridized carbons (Fsp3) is 0.364. The van der Waals surface area contributed by atoms with Gasteiger partial charge in [-0.3, -0.25) is 4.79 Å². The molecular weight excluding hydrogens is 501 g/mol. The van der Waals surface area contributed by atoms with Gasteiger partial charge < -0.3 is 14.6 Å². The lowest BCUT2D eigenvalue weighted by Gasteiger charge is -2.10. The summed E-state index contributed by atoms with van der Waals surface area (Å²) in [5, 5.41) is 23.2. The number of aromatic nitrogens is 3. The third kappa shape index (κ3) is 5.46. The van der Waals surface area contributed by atoms with E-state index in [-0.39, 0.29) is 18.3 Å². The van der Waals surface area contributed by atoms with Crippen LogP contribution in [0.5, 0.6) is 5.75 Å². The minimum Gasteiger partial charge on any atom is -0.484 e. The Balaban J connectivity index is 1.38. The van der Waals surface area contributed by atoms with Crippen molar-refractivity contribution in [3.05, 3.63) is 50.1 Å². The van der Waals surface area contributed by atoms with Gasteiger partial charge in [0.2, 0.25) is 5.91 Å². The summed E-state index contributed by atoms with van der Waals surface area (Å²) in [6.07, 6.45) is 4.10. The van der Waals surface area contributed by atoms with Gasteiger partial charge in [0.1, 0.15) is 23.4 Å². The molecule has 1 amide bonds. The van der Waals surface area contributed by atoms with E-state index in [4.69, 9.17) is 27.9 Å². The first-order valence-corrected chi connectivity index (χ1v) is 13.0. The Morgan fingerprint density at radius 2 is 2.15 bits per heavy atom. The largest absolute Gasteiger partial charge is 0.484 e. The van der Waals surface area contributed by atoms with Crippen molar-refractivity contribution in [2.24, 2.45) is 0 Å². The highest BCUT2D eigenvalue weighted by Gasteiger charge is 2.22. The number of anilines is 1. The van der Waals surface area contributed by atoms with E-state index >= 15 is 0 Å². The number of fused-ring (bicyclic) bond motifs is 1. The molecule has 33 heavy (non-hydrogen) atoms. The lowest BCUT2D eigenvalue weighted by Crippen LogP contribution is -2.15. The Hall–Kier alpha value is -2.25. The monoisotopic (exact) mass is 521 g/mol. The van der Waals surface area contributed by atoms with Gasteiger partial charge in [0, 0.05) is 22.5 Å². The molecule has 0 saturated carbocycles. The number of amides is 1. The van der Waals surface area contributed by atoms with Crippen LogP contribution in [0.15, 0.2) is 23.4 Å². The molecule has 2 aromatic heterocycles. The molecule has 0 aliphatic heterocycles. The third-order valence-electron chi connectivity index (χ3n) is 5.23. The zero-order valence-corrected chi connectivity index (χ0v) is 21.0. The van der Waals surface area contributed by atoms with Crippen LogP contribution in [-0.4, -0.2) is 26.4 Å². The maximum atomic E-state index is 12.6. The Labute approximate surface area is 210 Å². The number of carbonyl (C=O) groups is 1. The van der Waals surface area contributed by atoms with E-state index in [1.54, 1.807) is 18.2 Å². The lowest BCUT2D eigenvalue weighted by molar-refractivity contribution is -0.113. The summed E-state index contributed by atoms with van der Waals surface area (Å²) in [6.45, 7) is 2.76. The van der Waals surface area contributed by atoms with Crippen molar-refractivity contribution in [3.63, 3.8) is 0 Å². The second kappa shape index (κ2) is 10.8. The molecule has 0 saturated heterocycles. The molecule has 11 heteroatoms. The normalized spacial score (nSPS) is 12.8. The molecule has 3 aromatic rings. The molecule has 0 atom stereocenters. The molecule has 0 spiro atoms. The quantitative estimate of drug-likeness (QED) is 0.380. The van der Waals surface area contributed by atoms with Crippen LogP contribution >= 0.6 is 46.3 Å². The minimum atomic E-state index is -0.177. The first kappa shape index (κ1) is 23.9. The van der Waals surface area contributed by atoms with E-state index in [0.29, 0.717) is 43.9 Å². The number of ether oxygens (including phenoxy) is 1. The van der Waals surface area contributed by atoms with Crippen LogP contribution in [0.2, 0.25) is 10.0 Å². The standard InChI is InChI=1S/C22H21Cl2N5O2S2/c1-2-29-19(11-31-17-9-13(23)7-8-16(17)24)27-28-22(29)32-12-20(30)26-21-15(10-25)14-5-3-4-6-18(14)33-21/h7-9H,2-6,11-12H2,1H3,(H,26,30). The molecule has 0 radical (unpaired) electrons. The first-order valence-electron chi connectivity index (χ1n) is 10.5. The van der Waals surface area contributed by atoms with Crippen LogP contribution in [0.3, 0.4) is 0 Å². The highest BCUT2D eigenvalue weighted by Crippen LogP contribution is 2.37. The average molecular weight is 522 g/mol.